The molecule has 0 saturated carbocycles. The van der Waals surface area contributed by atoms with Gasteiger partial charge in [0, 0.05) is 0 Å². The maximum Gasteiger partial charge on any atom is 0.143 e. The highest BCUT2D eigenvalue weighted by molar-refractivity contribution is 7.98. The second-order valence-electron chi connectivity index (χ2n) is 5.13. The number of aliphatic hydroxyl groups excluding tert-OH is 2. The summed E-state index contributed by atoms with van der Waals surface area (Å²) in [5, 5.41) is 37.5. The van der Waals surface area contributed by atoms with Crippen LogP contribution in [0.2, 0.25) is 0 Å². The second-order valence-corrected chi connectivity index (χ2v) is 5.92. The van der Waals surface area contributed by atoms with Gasteiger partial charge >= 0.3 is 0 Å². The molecular weight excluding hydrogens is 296 g/mol. The molecule has 3 rings (SSSR count). The number of ether oxygens (including phenoxy) is 1. The van der Waals surface area contributed by atoms with Crippen LogP contribution in [-0.4, -0.2) is 66.2 Å². The second kappa shape index (κ2) is 5.18. The number of H-pyrrole nitrogens is 1. The Bertz CT molecular complexity index is 662. The molecule has 0 radical (unpaired) electrons. The third-order valence-corrected chi connectivity index (χ3v) is 4.45. The van der Waals surface area contributed by atoms with Gasteiger partial charge in [-0.3, -0.25) is 5.10 Å². The van der Waals surface area contributed by atoms with E-state index >= 15 is 0 Å². The summed E-state index contributed by atoms with van der Waals surface area (Å²) in [5.41, 5.74) is 0.0200. The lowest BCUT2D eigenvalue weighted by atomic mass is 9.91. The van der Waals surface area contributed by atoms with Gasteiger partial charge in [0.05, 0.1) is 12.3 Å². The lowest BCUT2D eigenvalue weighted by Crippen LogP contribution is -2.43. The van der Waals surface area contributed by atoms with E-state index in [1.54, 1.807) is 0 Å². The molecule has 0 spiro atoms. The molecule has 0 bridgehead atoms. The topological polar surface area (TPSA) is 124 Å². The van der Waals surface area contributed by atoms with Gasteiger partial charge in [-0.1, -0.05) is 0 Å². The molecule has 9 heteroatoms. The quantitative estimate of drug-likeness (QED) is 0.446. The number of hydrogen-bond acceptors (Lipinski definition) is 8. The summed E-state index contributed by atoms with van der Waals surface area (Å²) in [5.74, 6) is 0. The molecule has 0 unspecified atom stereocenters. The molecule has 4 atom stereocenters. The predicted octanol–water partition coefficient (Wildman–Crippen LogP) is -0.381. The fourth-order valence-electron chi connectivity index (χ4n) is 2.58. The van der Waals surface area contributed by atoms with Crippen molar-refractivity contribution in [3.8, 4) is 0 Å². The SMILES string of the molecule is CSc1ncnc2c([C@@H]3O[C@H](CO)[C@@H](O)[C@]3(C)O)[nH]nc12. The van der Waals surface area contributed by atoms with E-state index in [1.165, 1.54) is 25.0 Å². The number of nitrogens with zero attached hydrogens (tertiary/aromatic N) is 3. The first-order chi connectivity index (χ1) is 10.0. The number of nitrogens with one attached hydrogen (secondary N) is 1. The van der Waals surface area contributed by atoms with Crippen LogP contribution >= 0.6 is 11.8 Å². The Balaban J connectivity index is 2.09. The molecule has 1 fully saturated rings. The largest absolute Gasteiger partial charge is 0.394 e. The summed E-state index contributed by atoms with van der Waals surface area (Å²) >= 11 is 1.43. The Morgan fingerprint density at radius 3 is 2.81 bits per heavy atom. The summed E-state index contributed by atoms with van der Waals surface area (Å²) in [6, 6.07) is 0. The van der Waals surface area contributed by atoms with E-state index in [0.29, 0.717) is 21.8 Å². The molecular formula is C12H16N4O4S. The molecule has 4 N–H and O–H groups in total. The van der Waals surface area contributed by atoms with Crippen molar-refractivity contribution in [1.82, 2.24) is 20.2 Å². The average Bonchev–Trinajstić information content (AvgIpc) is 2.99. The van der Waals surface area contributed by atoms with Crippen LogP contribution in [0, 0.1) is 0 Å². The Hall–Kier alpha value is -1.26. The van der Waals surface area contributed by atoms with Gasteiger partial charge in [0.2, 0.25) is 0 Å². The van der Waals surface area contributed by atoms with Gasteiger partial charge in [-0.2, -0.15) is 5.10 Å². The van der Waals surface area contributed by atoms with Crippen LogP contribution in [0.5, 0.6) is 0 Å². The van der Waals surface area contributed by atoms with E-state index < -0.39 is 23.9 Å². The predicted molar refractivity (Wildman–Crippen MR) is 74.8 cm³/mol. The lowest BCUT2D eigenvalue weighted by Gasteiger charge is -2.25. The molecule has 0 aliphatic carbocycles. The molecule has 1 aliphatic rings. The Morgan fingerprint density at radius 1 is 1.43 bits per heavy atom. The maximum atomic E-state index is 10.5. The summed E-state index contributed by atoms with van der Waals surface area (Å²) in [6.45, 7) is 1.08. The smallest absolute Gasteiger partial charge is 0.143 e. The summed E-state index contributed by atoms with van der Waals surface area (Å²) in [4.78, 5) is 8.31. The first-order valence-corrected chi connectivity index (χ1v) is 7.62. The molecule has 2 aromatic heterocycles. The van der Waals surface area contributed by atoms with Crippen LogP contribution in [0.4, 0.5) is 0 Å². The van der Waals surface area contributed by atoms with Gasteiger partial charge in [-0.25, -0.2) is 9.97 Å². The van der Waals surface area contributed by atoms with Crippen LogP contribution in [0.15, 0.2) is 11.4 Å². The highest BCUT2D eigenvalue weighted by Crippen LogP contribution is 2.42. The monoisotopic (exact) mass is 312 g/mol. The molecule has 1 aliphatic heterocycles. The zero-order chi connectivity index (χ0) is 15.2. The third kappa shape index (κ3) is 2.12. The van der Waals surface area contributed by atoms with Gasteiger partial charge in [-0.05, 0) is 13.2 Å². The van der Waals surface area contributed by atoms with E-state index in [1.807, 2.05) is 6.26 Å². The van der Waals surface area contributed by atoms with E-state index in [-0.39, 0.29) is 6.61 Å². The number of aliphatic hydroxyl groups is 3. The fraction of sp³-hybridized carbons (Fsp3) is 0.583. The molecule has 1 saturated heterocycles. The third-order valence-electron chi connectivity index (χ3n) is 3.76. The number of rotatable bonds is 3. The van der Waals surface area contributed by atoms with Crippen molar-refractivity contribution in [2.24, 2.45) is 0 Å². The van der Waals surface area contributed by atoms with Crippen molar-refractivity contribution in [1.29, 1.82) is 0 Å². The summed E-state index contributed by atoms with van der Waals surface area (Å²) in [7, 11) is 0. The molecule has 21 heavy (non-hydrogen) atoms. The van der Waals surface area contributed by atoms with Crippen molar-refractivity contribution in [2.75, 3.05) is 12.9 Å². The van der Waals surface area contributed by atoms with E-state index in [9.17, 15) is 15.3 Å². The zero-order valence-electron chi connectivity index (χ0n) is 11.5. The van der Waals surface area contributed by atoms with E-state index in [4.69, 9.17) is 4.74 Å². The highest BCUT2D eigenvalue weighted by atomic mass is 32.2. The first kappa shape index (κ1) is 14.7. The van der Waals surface area contributed by atoms with Crippen LogP contribution in [0.1, 0.15) is 18.7 Å². The standard InChI is InChI=1S/C12H16N4O4S/c1-12(19)9(18)5(3-17)20-10(12)7-6-8(16-15-7)11(21-2)14-4-13-6/h4-5,9-10,17-19H,3H2,1-2H3,(H,15,16)/t5-,9-,10+,12+/m1/s1. The number of aromatic nitrogens is 4. The van der Waals surface area contributed by atoms with Crippen molar-refractivity contribution in [3.63, 3.8) is 0 Å². The minimum atomic E-state index is -1.56. The minimum Gasteiger partial charge on any atom is -0.394 e. The highest BCUT2D eigenvalue weighted by Gasteiger charge is 2.53. The average molecular weight is 312 g/mol. The first-order valence-electron chi connectivity index (χ1n) is 6.40. The number of hydrogen-bond donors (Lipinski definition) is 4. The van der Waals surface area contributed by atoms with Gasteiger partial charge in [0.15, 0.2) is 0 Å². The van der Waals surface area contributed by atoms with Crippen molar-refractivity contribution >= 4 is 22.8 Å². The summed E-state index contributed by atoms with van der Waals surface area (Å²) in [6.07, 6.45) is 0.373. The van der Waals surface area contributed by atoms with Gasteiger partial charge in [0.1, 0.15) is 46.3 Å². The molecule has 8 nitrogen and oxygen atoms in total. The number of aromatic amines is 1. The molecule has 114 valence electrons. The Morgan fingerprint density at radius 2 is 2.19 bits per heavy atom. The van der Waals surface area contributed by atoms with Gasteiger partial charge in [-0.15, -0.1) is 11.8 Å². The Kier molecular flexibility index (Phi) is 3.62. The Labute approximate surface area is 124 Å². The van der Waals surface area contributed by atoms with Crippen molar-refractivity contribution in [2.45, 2.75) is 35.9 Å². The van der Waals surface area contributed by atoms with Crippen molar-refractivity contribution < 1.29 is 20.1 Å². The van der Waals surface area contributed by atoms with Crippen LogP contribution in [-0.2, 0) is 4.74 Å². The molecule has 2 aromatic rings. The number of thioether (sulfide) groups is 1. The molecule has 0 aromatic carbocycles. The number of fused-ring (bicyclic) bond motifs is 1. The lowest BCUT2D eigenvalue weighted by molar-refractivity contribution is -0.0655. The zero-order valence-corrected chi connectivity index (χ0v) is 12.3. The van der Waals surface area contributed by atoms with Crippen LogP contribution in [0.3, 0.4) is 0 Å². The van der Waals surface area contributed by atoms with E-state index in [0.717, 1.165) is 0 Å². The molecule has 3 heterocycles. The van der Waals surface area contributed by atoms with Crippen LogP contribution < -0.4 is 0 Å². The van der Waals surface area contributed by atoms with Crippen LogP contribution in [0.25, 0.3) is 11.0 Å². The van der Waals surface area contributed by atoms with Crippen molar-refractivity contribution in [3.05, 3.63) is 12.0 Å². The maximum absolute atomic E-state index is 10.5. The summed E-state index contributed by atoms with van der Waals surface area (Å²) < 4.78 is 5.58. The normalized spacial score (nSPS) is 32.9. The van der Waals surface area contributed by atoms with Gasteiger partial charge < -0.3 is 20.1 Å². The minimum absolute atomic E-state index is 0.384. The van der Waals surface area contributed by atoms with E-state index in [2.05, 4.69) is 20.2 Å². The molecule has 0 amide bonds. The van der Waals surface area contributed by atoms with Gasteiger partial charge in [0.25, 0.3) is 0 Å². The fourth-order valence-corrected chi connectivity index (χ4v) is 3.07.